The summed E-state index contributed by atoms with van der Waals surface area (Å²) in [5.41, 5.74) is 1.32. The molecule has 1 amide bonds. The van der Waals surface area contributed by atoms with Crippen LogP contribution in [-0.2, 0) is 0 Å². The summed E-state index contributed by atoms with van der Waals surface area (Å²) in [4.78, 5) is 27.0. The molecule has 5 nitrogen and oxygen atoms in total. The van der Waals surface area contributed by atoms with E-state index in [9.17, 15) is 9.59 Å². The van der Waals surface area contributed by atoms with Crippen LogP contribution < -0.4 is 10.5 Å². The van der Waals surface area contributed by atoms with Crippen molar-refractivity contribution in [2.24, 2.45) is 0 Å². The number of benzene rings is 2. The third-order valence-corrected chi connectivity index (χ3v) is 3.71. The van der Waals surface area contributed by atoms with Crippen LogP contribution in [0.25, 0.3) is 11.1 Å². The highest BCUT2D eigenvalue weighted by molar-refractivity contribution is 5.93. The van der Waals surface area contributed by atoms with E-state index in [1.54, 1.807) is 12.1 Å². The second-order valence-corrected chi connectivity index (χ2v) is 5.68. The molecule has 3 aromatic rings. The Balaban J connectivity index is 2.01. The number of anilines is 1. The van der Waals surface area contributed by atoms with Crippen LogP contribution in [0.4, 0.5) is 10.5 Å². The average Bonchev–Trinajstić information content (AvgIpc) is 2.98. The van der Waals surface area contributed by atoms with Gasteiger partial charge in [-0.25, -0.2) is 4.79 Å². The Bertz CT molecular complexity index is 880. The molecule has 0 aliphatic heterocycles. The molecular weight excluding hydrogens is 304 g/mol. The molecule has 0 unspecified atom stereocenters. The van der Waals surface area contributed by atoms with Crippen LogP contribution in [-0.4, -0.2) is 16.8 Å². The highest BCUT2D eigenvalue weighted by Crippen LogP contribution is 2.19. The predicted octanol–water partition coefficient (Wildman–Crippen LogP) is 3.99. The molecule has 0 spiro atoms. The molecule has 0 aliphatic rings. The first-order valence-corrected chi connectivity index (χ1v) is 7.74. The van der Waals surface area contributed by atoms with Gasteiger partial charge in [0.2, 0.25) is 0 Å². The molecule has 122 valence electrons. The Kier molecular flexibility index (Phi) is 4.33. The number of aromatic nitrogens is 1. The molecule has 0 fully saturated rings. The first-order chi connectivity index (χ1) is 11.6. The van der Waals surface area contributed by atoms with Gasteiger partial charge < -0.3 is 4.52 Å². The molecule has 0 atom stereocenters. The summed E-state index contributed by atoms with van der Waals surface area (Å²) in [6, 6.07) is 17.7. The lowest BCUT2D eigenvalue weighted by atomic mass is 10.1. The number of nitrogens with zero attached hydrogens (tertiary/aromatic N) is 2. The van der Waals surface area contributed by atoms with Crippen LogP contribution >= 0.6 is 0 Å². The summed E-state index contributed by atoms with van der Waals surface area (Å²) < 4.78 is 6.08. The van der Waals surface area contributed by atoms with Crippen molar-refractivity contribution in [3.63, 3.8) is 0 Å². The average molecular weight is 322 g/mol. The maximum absolute atomic E-state index is 12.8. The number of carbonyl (C=O) groups excluding carboxylic acids is 1. The Morgan fingerprint density at radius 3 is 2.17 bits per heavy atom. The number of carbonyl (C=O) groups is 1. The zero-order valence-electron chi connectivity index (χ0n) is 13.5. The van der Waals surface area contributed by atoms with Crippen LogP contribution in [0.3, 0.4) is 0 Å². The lowest BCUT2D eigenvalue weighted by molar-refractivity contribution is 0.213. The number of rotatable bonds is 3. The van der Waals surface area contributed by atoms with Crippen LogP contribution in [0.15, 0.2) is 76.2 Å². The second kappa shape index (κ2) is 6.58. The van der Waals surface area contributed by atoms with Crippen molar-refractivity contribution in [3.05, 3.63) is 77.3 Å². The van der Waals surface area contributed by atoms with Crippen molar-refractivity contribution < 1.29 is 9.32 Å². The van der Waals surface area contributed by atoms with Gasteiger partial charge in [-0.3, -0.25) is 9.69 Å². The van der Waals surface area contributed by atoms with Crippen LogP contribution in [0.1, 0.15) is 13.8 Å². The molecule has 0 N–H and O–H groups in total. The van der Waals surface area contributed by atoms with Gasteiger partial charge in [0.25, 0.3) is 5.56 Å². The number of para-hydroxylation sites is 1. The normalized spacial score (nSPS) is 10.8. The van der Waals surface area contributed by atoms with E-state index in [0.29, 0.717) is 16.8 Å². The molecule has 0 aliphatic carbocycles. The lowest BCUT2D eigenvalue weighted by Gasteiger charge is -2.25. The van der Waals surface area contributed by atoms with Crippen molar-refractivity contribution in [1.82, 2.24) is 4.74 Å². The largest absolute Gasteiger partial charge is 0.374 e. The number of hydrogen-bond donors (Lipinski definition) is 0. The van der Waals surface area contributed by atoms with Crippen molar-refractivity contribution >= 4 is 11.7 Å². The van der Waals surface area contributed by atoms with Gasteiger partial charge in [0.05, 0.1) is 5.56 Å². The fourth-order valence-electron chi connectivity index (χ4n) is 2.57. The van der Waals surface area contributed by atoms with E-state index in [2.05, 4.69) is 0 Å². The van der Waals surface area contributed by atoms with Crippen molar-refractivity contribution in [3.8, 4) is 11.1 Å². The Morgan fingerprint density at radius 2 is 1.58 bits per heavy atom. The summed E-state index contributed by atoms with van der Waals surface area (Å²) in [6.45, 7) is 3.77. The van der Waals surface area contributed by atoms with E-state index in [0.717, 1.165) is 4.74 Å². The molecular formula is C19H18N2O3. The monoisotopic (exact) mass is 322 g/mol. The topological polar surface area (TPSA) is 55.5 Å². The van der Waals surface area contributed by atoms with Crippen molar-refractivity contribution in [2.45, 2.75) is 19.9 Å². The number of hydrogen-bond acceptors (Lipinski definition) is 3. The Hall–Kier alpha value is -3.08. The maximum atomic E-state index is 12.8. The van der Waals surface area contributed by atoms with Gasteiger partial charge in [0.15, 0.2) is 0 Å². The fraction of sp³-hybridized carbons (Fsp3) is 0.158. The first-order valence-electron chi connectivity index (χ1n) is 7.74. The Morgan fingerprint density at radius 1 is 1.00 bits per heavy atom. The van der Waals surface area contributed by atoms with Gasteiger partial charge in [0, 0.05) is 11.7 Å². The van der Waals surface area contributed by atoms with Gasteiger partial charge in [-0.15, -0.1) is 0 Å². The lowest BCUT2D eigenvalue weighted by Crippen LogP contribution is -2.42. The highest BCUT2D eigenvalue weighted by atomic mass is 16.5. The third-order valence-electron chi connectivity index (χ3n) is 3.71. The summed E-state index contributed by atoms with van der Waals surface area (Å²) in [5.74, 6) is 0. The predicted molar refractivity (Wildman–Crippen MR) is 93.3 cm³/mol. The van der Waals surface area contributed by atoms with Crippen molar-refractivity contribution in [2.75, 3.05) is 4.90 Å². The van der Waals surface area contributed by atoms with E-state index in [1.165, 1.54) is 11.2 Å². The van der Waals surface area contributed by atoms with Crippen LogP contribution in [0.2, 0.25) is 0 Å². The summed E-state index contributed by atoms with van der Waals surface area (Å²) in [5, 5.41) is 0. The van der Waals surface area contributed by atoms with Gasteiger partial charge in [0.1, 0.15) is 6.26 Å². The smallest absolute Gasteiger partial charge is 0.365 e. The van der Waals surface area contributed by atoms with Gasteiger partial charge in [-0.1, -0.05) is 53.3 Å². The molecule has 1 aromatic heterocycles. The Labute approximate surface area is 139 Å². The molecule has 1 heterocycles. The first kappa shape index (κ1) is 15.8. The quantitative estimate of drug-likeness (QED) is 0.732. The van der Waals surface area contributed by atoms with E-state index in [-0.39, 0.29) is 6.04 Å². The molecule has 24 heavy (non-hydrogen) atoms. The standard InChI is InChI=1S/C19H18N2O3/c1-14(2)20(16-11-7-4-8-12-16)19(23)21-18(22)17(13-24-21)15-9-5-3-6-10-15/h3-14H,1-2H3. The minimum Gasteiger partial charge on any atom is -0.374 e. The molecule has 2 aromatic carbocycles. The van der Waals surface area contributed by atoms with E-state index in [4.69, 9.17) is 4.52 Å². The minimum absolute atomic E-state index is 0.128. The summed E-state index contributed by atoms with van der Waals surface area (Å²) in [7, 11) is 0. The fourth-order valence-corrected chi connectivity index (χ4v) is 2.57. The van der Waals surface area contributed by atoms with Crippen LogP contribution in [0, 0.1) is 0 Å². The maximum Gasteiger partial charge on any atom is 0.365 e. The minimum atomic E-state index is -0.511. The zero-order valence-corrected chi connectivity index (χ0v) is 13.5. The second-order valence-electron chi connectivity index (χ2n) is 5.68. The van der Waals surface area contributed by atoms with Crippen LogP contribution in [0.5, 0.6) is 0 Å². The van der Waals surface area contributed by atoms with Crippen molar-refractivity contribution in [1.29, 1.82) is 0 Å². The molecule has 5 heteroatoms. The molecule has 0 radical (unpaired) electrons. The summed E-state index contributed by atoms with van der Waals surface area (Å²) in [6.07, 6.45) is 1.32. The third kappa shape index (κ3) is 2.88. The van der Waals surface area contributed by atoms with Gasteiger partial charge in [-0.05, 0) is 31.5 Å². The summed E-state index contributed by atoms with van der Waals surface area (Å²) >= 11 is 0. The van der Waals surface area contributed by atoms with E-state index >= 15 is 0 Å². The van der Waals surface area contributed by atoms with Gasteiger partial charge in [-0.2, -0.15) is 0 Å². The zero-order chi connectivity index (χ0) is 17.1. The van der Waals surface area contributed by atoms with E-state index < -0.39 is 11.6 Å². The molecule has 3 rings (SSSR count). The molecule has 0 saturated carbocycles. The number of amides is 1. The molecule has 0 saturated heterocycles. The SMILES string of the molecule is CC(C)N(C(=O)n1occ(-c2ccccc2)c1=O)c1ccccc1. The molecule has 0 bridgehead atoms. The van der Waals surface area contributed by atoms with E-state index in [1.807, 2.05) is 62.4 Å². The highest BCUT2D eigenvalue weighted by Gasteiger charge is 2.25. The van der Waals surface area contributed by atoms with Gasteiger partial charge >= 0.3 is 6.03 Å².